The lowest BCUT2D eigenvalue weighted by Crippen LogP contribution is -2.08. The third-order valence-corrected chi connectivity index (χ3v) is 3.48. The highest BCUT2D eigenvalue weighted by Gasteiger charge is 2.06. The number of hydrogen-bond donors (Lipinski definition) is 1. The zero-order valence-corrected chi connectivity index (χ0v) is 12.8. The van der Waals surface area contributed by atoms with Crippen LogP contribution in [0, 0.1) is 6.92 Å². The maximum absolute atomic E-state index is 5.95. The largest absolute Gasteiger partial charge is 0.457 e. The first-order chi connectivity index (χ1) is 9.47. The summed E-state index contributed by atoms with van der Waals surface area (Å²) in [5.41, 5.74) is 8.82. The van der Waals surface area contributed by atoms with Crippen molar-refractivity contribution in [1.29, 1.82) is 0 Å². The van der Waals surface area contributed by atoms with Crippen molar-refractivity contribution >= 4 is 17.2 Å². The minimum absolute atomic E-state index is 0.398. The molecule has 0 saturated carbocycles. The molecule has 0 fully saturated rings. The van der Waals surface area contributed by atoms with Crippen molar-refractivity contribution in [3.8, 4) is 11.5 Å². The molecule has 0 radical (unpaired) electrons. The maximum atomic E-state index is 5.95. The van der Waals surface area contributed by atoms with Crippen LogP contribution < -0.4 is 10.5 Å². The van der Waals surface area contributed by atoms with Crippen molar-refractivity contribution in [1.82, 2.24) is 0 Å². The van der Waals surface area contributed by atoms with Crippen LogP contribution in [0.15, 0.2) is 42.5 Å². The van der Waals surface area contributed by atoms with E-state index in [1.54, 1.807) is 0 Å². The Kier molecular flexibility index (Phi) is 4.40. The van der Waals surface area contributed by atoms with Gasteiger partial charge in [0.15, 0.2) is 0 Å². The summed E-state index contributed by atoms with van der Waals surface area (Å²) >= 11 is 4.94. The monoisotopic (exact) mass is 285 g/mol. The van der Waals surface area contributed by atoms with E-state index in [4.69, 9.17) is 22.7 Å². The van der Waals surface area contributed by atoms with Crippen LogP contribution in [0.3, 0.4) is 0 Å². The number of benzene rings is 2. The van der Waals surface area contributed by atoms with E-state index in [0.29, 0.717) is 10.9 Å². The summed E-state index contributed by atoms with van der Waals surface area (Å²) in [6.45, 7) is 6.39. The zero-order valence-electron chi connectivity index (χ0n) is 12.0. The van der Waals surface area contributed by atoms with Gasteiger partial charge in [-0.25, -0.2) is 0 Å². The van der Waals surface area contributed by atoms with Crippen LogP contribution in [0.1, 0.15) is 36.5 Å². The highest BCUT2D eigenvalue weighted by molar-refractivity contribution is 7.80. The van der Waals surface area contributed by atoms with Crippen molar-refractivity contribution in [2.75, 3.05) is 0 Å². The second-order valence-electron chi connectivity index (χ2n) is 5.17. The molecule has 0 aromatic heterocycles. The molecule has 0 bridgehead atoms. The highest BCUT2D eigenvalue weighted by atomic mass is 32.1. The smallest absolute Gasteiger partial charge is 0.130 e. The number of thiocarbonyl (C=S) groups is 1. The fourth-order valence-electron chi connectivity index (χ4n) is 1.90. The second kappa shape index (κ2) is 6.06. The first kappa shape index (κ1) is 14.5. The average molecular weight is 285 g/mol. The number of nitrogens with two attached hydrogens (primary N) is 1. The van der Waals surface area contributed by atoms with Gasteiger partial charge in [0.2, 0.25) is 0 Å². The summed E-state index contributed by atoms with van der Waals surface area (Å²) in [6, 6.07) is 13.9. The van der Waals surface area contributed by atoms with Gasteiger partial charge in [0, 0.05) is 5.56 Å². The topological polar surface area (TPSA) is 35.2 Å². The standard InChI is InChI=1S/C17H19NOS/c1-11(2)14-5-4-12(3)16(10-14)19-15-8-6-13(7-9-15)17(18)20/h4-11H,1-3H3,(H2,18,20). The molecule has 0 atom stereocenters. The molecule has 0 aliphatic carbocycles. The lowest BCUT2D eigenvalue weighted by Gasteiger charge is -2.12. The summed E-state index contributed by atoms with van der Waals surface area (Å²) in [5, 5.41) is 0. The van der Waals surface area contributed by atoms with Gasteiger partial charge in [0.1, 0.15) is 16.5 Å². The number of ether oxygens (including phenoxy) is 1. The molecule has 0 saturated heterocycles. The van der Waals surface area contributed by atoms with E-state index in [1.165, 1.54) is 5.56 Å². The molecule has 0 heterocycles. The Bertz CT molecular complexity index is 617. The van der Waals surface area contributed by atoms with Gasteiger partial charge in [-0.3, -0.25) is 0 Å². The molecule has 2 rings (SSSR count). The Morgan fingerprint density at radius 1 is 1.10 bits per heavy atom. The minimum atomic E-state index is 0.398. The quantitative estimate of drug-likeness (QED) is 0.837. The van der Waals surface area contributed by atoms with E-state index in [9.17, 15) is 0 Å². The van der Waals surface area contributed by atoms with Gasteiger partial charge in [-0.15, -0.1) is 0 Å². The molecule has 2 nitrogen and oxygen atoms in total. The van der Waals surface area contributed by atoms with E-state index in [2.05, 4.69) is 32.0 Å². The second-order valence-corrected chi connectivity index (χ2v) is 5.61. The lowest BCUT2D eigenvalue weighted by molar-refractivity contribution is 0.477. The molecule has 104 valence electrons. The molecular formula is C17H19NOS. The average Bonchev–Trinajstić information content (AvgIpc) is 2.41. The van der Waals surface area contributed by atoms with Crippen molar-refractivity contribution < 1.29 is 4.74 Å². The molecule has 0 aliphatic rings. The molecular weight excluding hydrogens is 266 g/mol. The molecule has 20 heavy (non-hydrogen) atoms. The first-order valence-corrected chi connectivity index (χ1v) is 7.06. The predicted octanol–water partition coefficient (Wildman–Crippen LogP) is 4.54. The number of hydrogen-bond acceptors (Lipinski definition) is 2. The minimum Gasteiger partial charge on any atom is -0.457 e. The van der Waals surface area contributed by atoms with Gasteiger partial charge in [-0.1, -0.05) is 38.2 Å². The van der Waals surface area contributed by atoms with E-state index >= 15 is 0 Å². The lowest BCUT2D eigenvalue weighted by atomic mass is 10.0. The van der Waals surface area contributed by atoms with Crippen LogP contribution in [-0.2, 0) is 0 Å². The van der Waals surface area contributed by atoms with Crippen LogP contribution >= 0.6 is 12.2 Å². The molecule has 2 N–H and O–H groups in total. The molecule has 2 aromatic carbocycles. The van der Waals surface area contributed by atoms with Gasteiger partial charge >= 0.3 is 0 Å². The van der Waals surface area contributed by atoms with Crippen LogP contribution in [0.4, 0.5) is 0 Å². The van der Waals surface area contributed by atoms with Crippen LogP contribution in [0.5, 0.6) is 11.5 Å². The third kappa shape index (κ3) is 3.36. The van der Waals surface area contributed by atoms with Crippen LogP contribution in [0.25, 0.3) is 0 Å². The first-order valence-electron chi connectivity index (χ1n) is 6.65. The van der Waals surface area contributed by atoms with Crippen LogP contribution in [0.2, 0.25) is 0 Å². The fourth-order valence-corrected chi connectivity index (χ4v) is 2.04. The van der Waals surface area contributed by atoms with E-state index < -0.39 is 0 Å². The van der Waals surface area contributed by atoms with E-state index in [-0.39, 0.29) is 0 Å². The summed E-state index contributed by atoms with van der Waals surface area (Å²) in [7, 11) is 0. The molecule has 0 amide bonds. The van der Waals surface area contributed by atoms with Crippen molar-refractivity contribution in [3.05, 3.63) is 59.2 Å². The van der Waals surface area contributed by atoms with E-state index in [1.807, 2.05) is 31.2 Å². The highest BCUT2D eigenvalue weighted by Crippen LogP contribution is 2.28. The molecule has 0 unspecified atom stereocenters. The number of rotatable bonds is 4. The summed E-state index contributed by atoms with van der Waals surface area (Å²) in [6.07, 6.45) is 0. The molecule has 2 aromatic rings. The summed E-state index contributed by atoms with van der Waals surface area (Å²) in [4.78, 5) is 0.398. The summed E-state index contributed by atoms with van der Waals surface area (Å²) in [5.74, 6) is 2.16. The predicted molar refractivity (Wildman–Crippen MR) is 87.7 cm³/mol. The van der Waals surface area contributed by atoms with Crippen molar-refractivity contribution in [3.63, 3.8) is 0 Å². The third-order valence-electron chi connectivity index (χ3n) is 3.25. The Labute approximate surface area is 125 Å². The SMILES string of the molecule is Cc1ccc(C(C)C)cc1Oc1ccc(C(N)=S)cc1. The molecule has 0 aliphatic heterocycles. The van der Waals surface area contributed by atoms with Gasteiger partial charge in [-0.2, -0.15) is 0 Å². The Hall–Kier alpha value is -1.87. The molecule has 3 heteroatoms. The van der Waals surface area contributed by atoms with E-state index in [0.717, 1.165) is 22.6 Å². The van der Waals surface area contributed by atoms with Gasteiger partial charge in [0.05, 0.1) is 0 Å². The van der Waals surface area contributed by atoms with Gasteiger partial charge in [0.25, 0.3) is 0 Å². The number of aryl methyl sites for hydroxylation is 1. The van der Waals surface area contributed by atoms with Crippen molar-refractivity contribution in [2.45, 2.75) is 26.7 Å². The summed E-state index contributed by atoms with van der Waals surface area (Å²) < 4.78 is 5.95. The Morgan fingerprint density at radius 3 is 2.30 bits per heavy atom. The van der Waals surface area contributed by atoms with Gasteiger partial charge in [-0.05, 0) is 54.3 Å². The maximum Gasteiger partial charge on any atom is 0.130 e. The Morgan fingerprint density at radius 2 is 1.75 bits per heavy atom. The fraction of sp³-hybridized carbons (Fsp3) is 0.235. The molecule has 0 spiro atoms. The Balaban J connectivity index is 2.25. The zero-order chi connectivity index (χ0) is 14.7. The van der Waals surface area contributed by atoms with Crippen LogP contribution in [-0.4, -0.2) is 4.99 Å². The van der Waals surface area contributed by atoms with Gasteiger partial charge < -0.3 is 10.5 Å². The van der Waals surface area contributed by atoms with Crippen molar-refractivity contribution in [2.24, 2.45) is 5.73 Å². The normalized spacial score (nSPS) is 10.6.